The number of nitrogens with zero attached hydrogens (tertiary/aromatic N) is 4. The van der Waals surface area contributed by atoms with Crippen LogP contribution in [-0.2, 0) is 13.1 Å². The van der Waals surface area contributed by atoms with E-state index < -0.39 is 0 Å². The summed E-state index contributed by atoms with van der Waals surface area (Å²) in [6.07, 6.45) is 4.83. The van der Waals surface area contributed by atoms with E-state index in [1.165, 1.54) is 6.20 Å². The lowest BCUT2D eigenvalue weighted by Gasteiger charge is -2.07. The van der Waals surface area contributed by atoms with Gasteiger partial charge in [0.25, 0.3) is 11.8 Å². The first kappa shape index (κ1) is 17.7. The third kappa shape index (κ3) is 4.21. The molecule has 0 aromatic carbocycles. The van der Waals surface area contributed by atoms with Crippen LogP contribution in [0.15, 0.2) is 18.6 Å². The maximum atomic E-state index is 12.3. The van der Waals surface area contributed by atoms with Crippen molar-refractivity contribution < 1.29 is 9.59 Å². The molecular formula is C16H24N6O2. The molecule has 0 saturated carbocycles. The Labute approximate surface area is 141 Å². The average Bonchev–Trinajstić information content (AvgIpc) is 3.19. The van der Waals surface area contributed by atoms with Gasteiger partial charge in [-0.3, -0.25) is 19.0 Å². The maximum absolute atomic E-state index is 12.3. The van der Waals surface area contributed by atoms with Gasteiger partial charge in [0.15, 0.2) is 5.69 Å². The molecule has 0 radical (unpaired) electrons. The summed E-state index contributed by atoms with van der Waals surface area (Å²) >= 11 is 0. The fraction of sp³-hybridized carbons (Fsp3) is 0.500. The molecule has 130 valence electrons. The second-order valence-electron chi connectivity index (χ2n) is 5.89. The lowest BCUT2D eigenvalue weighted by molar-refractivity contribution is 0.0944. The number of carbonyl (C=O) groups excluding carboxylic acids is 2. The number of hydrogen-bond acceptors (Lipinski definition) is 4. The van der Waals surface area contributed by atoms with Gasteiger partial charge in [-0.25, -0.2) is 0 Å². The van der Waals surface area contributed by atoms with E-state index in [0.29, 0.717) is 36.8 Å². The molecule has 0 aliphatic heterocycles. The third-order valence-corrected chi connectivity index (χ3v) is 3.44. The summed E-state index contributed by atoms with van der Waals surface area (Å²) in [7, 11) is 0. The molecule has 2 aromatic rings. The van der Waals surface area contributed by atoms with E-state index in [1.807, 2.05) is 27.7 Å². The smallest absolute Gasteiger partial charge is 0.273 e. The molecule has 0 saturated heterocycles. The molecule has 0 bridgehead atoms. The zero-order chi connectivity index (χ0) is 17.7. The van der Waals surface area contributed by atoms with Crippen LogP contribution < -0.4 is 10.6 Å². The zero-order valence-corrected chi connectivity index (χ0v) is 14.5. The van der Waals surface area contributed by atoms with Gasteiger partial charge in [0.1, 0.15) is 0 Å². The van der Waals surface area contributed by atoms with E-state index in [-0.39, 0.29) is 17.5 Å². The highest BCUT2D eigenvalue weighted by Gasteiger charge is 2.19. The van der Waals surface area contributed by atoms with E-state index in [9.17, 15) is 9.59 Å². The zero-order valence-electron chi connectivity index (χ0n) is 14.5. The Balaban J connectivity index is 2.17. The fourth-order valence-electron chi connectivity index (χ4n) is 2.07. The van der Waals surface area contributed by atoms with Crippen LogP contribution in [-0.4, -0.2) is 37.9 Å². The van der Waals surface area contributed by atoms with Crippen LogP contribution in [0.4, 0.5) is 5.69 Å². The number of nitrogens with one attached hydrogen (secondary N) is 2. The molecule has 2 heterocycles. The van der Waals surface area contributed by atoms with Crippen molar-refractivity contribution in [3.63, 3.8) is 0 Å². The van der Waals surface area contributed by atoms with E-state index in [4.69, 9.17) is 0 Å². The molecule has 2 N–H and O–H groups in total. The van der Waals surface area contributed by atoms with Crippen LogP contribution in [0, 0.1) is 5.92 Å². The number of carbonyl (C=O) groups is 2. The maximum Gasteiger partial charge on any atom is 0.273 e. The van der Waals surface area contributed by atoms with Crippen LogP contribution in [0.2, 0.25) is 0 Å². The van der Waals surface area contributed by atoms with Crippen molar-refractivity contribution in [1.82, 2.24) is 24.9 Å². The highest BCUT2D eigenvalue weighted by molar-refractivity contribution is 6.08. The molecule has 2 amide bonds. The third-order valence-electron chi connectivity index (χ3n) is 3.44. The van der Waals surface area contributed by atoms with Crippen molar-refractivity contribution in [2.45, 2.75) is 40.8 Å². The van der Waals surface area contributed by atoms with Crippen LogP contribution in [0.25, 0.3) is 0 Å². The van der Waals surface area contributed by atoms with Gasteiger partial charge in [-0.15, -0.1) is 0 Å². The van der Waals surface area contributed by atoms with Crippen molar-refractivity contribution in [2.24, 2.45) is 5.92 Å². The minimum Gasteiger partial charge on any atom is -0.350 e. The molecule has 0 atom stereocenters. The lowest BCUT2D eigenvalue weighted by atomic mass is 10.2. The number of aryl methyl sites for hydroxylation is 2. The molecule has 24 heavy (non-hydrogen) atoms. The fourth-order valence-corrected chi connectivity index (χ4v) is 2.07. The van der Waals surface area contributed by atoms with Gasteiger partial charge in [-0.2, -0.15) is 10.2 Å². The lowest BCUT2D eigenvalue weighted by Crippen LogP contribution is -2.28. The summed E-state index contributed by atoms with van der Waals surface area (Å²) in [5.41, 5.74) is 1.05. The molecule has 0 aliphatic carbocycles. The molecule has 0 spiro atoms. The van der Waals surface area contributed by atoms with Gasteiger partial charge in [-0.05, 0) is 19.8 Å². The van der Waals surface area contributed by atoms with Gasteiger partial charge in [0, 0.05) is 32.0 Å². The number of amides is 2. The predicted molar refractivity (Wildman–Crippen MR) is 90.9 cm³/mol. The summed E-state index contributed by atoms with van der Waals surface area (Å²) in [4.78, 5) is 24.7. The van der Waals surface area contributed by atoms with Crippen LogP contribution in [0.5, 0.6) is 0 Å². The number of aromatic nitrogens is 4. The Kier molecular flexibility index (Phi) is 5.73. The minimum atomic E-state index is -0.316. The Bertz CT molecular complexity index is 716. The van der Waals surface area contributed by atoms with Gasteiger partial charge >= 0.3 is 0 Å². The SMILES string of the molecule is CCn1cc(C(=O)Nc2cn(CC)nc2C(=O)NCC(C)C)cn1. The summed E-state index contributed by atoms with van der Waals surface area (Å²) < 4.78 is 3.29. The van der Waals surface area contributed by atoms with Crippen LogP contribution in [0.3, 0.4) is 0 Å². The van der Waals surface area contributed by atoms with Gasteiger partial charge in [0.2, 0.25) is 0 Å². The summed E-state index contributed by atoms with van der Waals surface area (Å²) in [5, 5.41) is 13.9. The van der Waals surface area contributed by atoms with Crippen molar-refractivity contribution in [3.05, 3.63) is 29.8 Å². The summed E-state index contributed by atoms with van der Waals surface area (Å²) in [6.45, 7) is 9.72. The van der Waals surface area contributed by atoms with Crippen molar-refractivity contribution in [1.29, 1.82) is 0 Å². The highest BCUT2D eigenvalue weighted by atomic mass is 16.2. The minimum absolute atomic E-state index is 0.216. The quantitative estimate of drug-likeness (QED) is 0.808. The van der Waals surface area contributed by atoms with Crippen LogP contribution in [0.1, 0.15) is 48.5 Å². The van der Waals surface area contributed by atoms with E-state index in [2.05, 4.69) is 20.8 Å². The van der Waals surface area contributed by atoms with E-state index in [0.717, 1.165) is 0 Å². The second kappa shape index (κ2) is 7.76. The molecule has 8 heteroatoms. The molecule has 0 fully saturated rings. The predicted octanol–water partition coefficient (Wildman–Crippen LogP) is 1.76. The molecule has 0 unspecified atom stereocenters. The number of rotatable bonds is 7. The summed E-state index contributed by atoms with van der Waals surface area (Å²) in [5.74, 6) is -0.279. The Hall–Kier alpha value is -2.64. The van der Waals surface area contributed by atoms with Crippen molar-refractivity contribution in [3.8, 4) is 0 Å². The Morgan fingerprint density at radius 2 is 1.83 bits per heavy atom. The molecule has 0 aliphatic rings. The van der Waals surface area contributed by atoms with E-state index in [1.54, 1.807) is 21.8 Å². The first-order chi connectivity index (χ1) is 11.4. The van der Waals surface area contributed by atoms with E-state index >= 15 is 0 Å². The largest absolute Gasteiger partial charge is 0.350 e. The molecule has 8 nitrogen and oxygen atoms in total. The van der Waals surface area contributed by atoms with Crippen molar-refractivity contribution in [2.75, 3.05) is 11.9 Å². The molecular weight excluding hydrogens is 308 g/mol. The van der Waals surface area contributed by atoms with Gasteiger partial charge < -0.3 is 10.6 Å². The Morgan fingerprint density at radius 1 is 1.12 bits per heavy atom. The monoisotopic (exact) mass is 332 g/mol. The standard InChI is InChI=1S/C16H24N6O2/c1-5-21-9-12(8-18-21)15(23)19-13-10-22(6-2)20-14(13)16(24)17-7-11(3)4/h8-11H,5-7H2,1-4H3,(H,17,24)(H,19,23). The Morgan fingerprint density at radius 3 is 2.42 bits per heavy atom. The van der Waals surface area contributed by atoms with Gasteiger partial charge in [-0.1, -0.05) is 13.8 Å². The number of anilines is 1. The second-order valence-corrected chi connectivity index (χ2v) is 5.89. The molecule has 2 rings (SSSR count). The normalized spacial score (nSPS) is 10.9. The number of hydrogen-bond donors (Lipinski definition) is 2. The summed E-state index contributed by atoms with van der Waals surface area (Å²) in [6, 6.07) is 0. The highest BCUT2D eigenvalue weighted by Crippen LogP contribution is 2.15. The molecule has 2 aromatic heterocycles. The van der Waals surface area contributed by atoms with Gasteiger partial charge in [0.05, 0.1) is 17.4 Å². The first-order valence-corrected chi connectivity index (χ1v) is 8.14. The van der Waals surface area contributed by atoms with Crippen molar-refractivity contribution >= 4 is 17.5 Å². The van der Waals surface area contributed by atoms with Crippen LogP contribution >= 0.6 is 0 Å². The average molecular weight is 332 g/mol. The topological polar surface area (TPSA) is 93.8 Å². The first-order valence-electron chi connectivity index (χ1n) is 8.14.